The first-order valence-corrected chi connectivity index (χ1v) is 9.29. The molecule has 4 rings (SSSR count). The largest absolute Gasteiger partial charge is 0.356 e. The van der Waals surface area contributed by atoms with E-state index < -0.39 is 7.60 Å². The van der Waals surface area contributed by atoms with Gasteiger partial charge in [0, 0.05) is 21.5 Å². The van der Waals surface area contributed by atoms with Gasteiger partial charge in [-0.25, -0.2) is 0 Å². The fraction of sp³-hybridized carbons (Fsp3) is 0. The van der Waals surface area contributed by atoms with Crippen LogP contribution >= 0.6 is 19.2 Å². The Hall–Kier alpha value is -2.10. The SMILES string of the molecule is O=P(O)(O)c1ccc(-n2c3ccccc3c3ccc(Cl)cc32)cc1. The molecule has 0 spiro atoms. The second kappa shape index (κ2) is 5.47. The molecule has 120 valence electrons. The molecule has 0 amide bonds. The fourth-order valence-corrected chi connectivity index (χ4v) is 3.72. The zero-order valence-corrected chi connectivity index (χ0v) is 14.1. The summed E-state index contributed by atoms with van der Waals surface area (Å²) in [7, 11) is -4.25. The van der Waals surface area contributed by atoms with Gasteiger partial charge >= 0.3 is 7.60 Å². The second-order valence-electron chi connectivity index (χ2n) is 5.57. The molecule has 4 nitrogen and oxygen atoms in total. The van der Waals surface area contributed by atoms with Crippen LogP contribution in [0.15, 0.2) is 66.7 Å². The van der Waals surface area contributed by atoms with E-state index in [-0.39, 0.29) is 5.30 Å². The van der Waals surface area contributed by atoms with Crippen molar-refractivity contribution in [3.8, 4) is 5.69 Å². The summed E-state index contributed by atoms with van der Waals surface area (Å²) in [6.45, 7) is 0. The summed E-state index contributed by atoms with van der Waals surface area (Å²) in [5.74, 6) is 0. The van der Waals surface area contributed by atoms with Gasteiger partial charge in [-0.15, -0.1) is 0 Å². The van der Waals surface area contributed by atoms with Crippen molar-refractivity contribution in [3.05, 3.63) is 71.8 Å². The minimum atomic E-state index is -4.25. The first kappa shape index (κ1) is 15.4. The Morgan fingerprint density at radius 3 is 2.21 bits per heavy atom. The maximum atomic E-state index is 11.4. The van der Waals surface area contributed by atoms with E-state index in [1.807, 2.05) is 47.0 Å². The minimum absolute atomic E-state index is 0.00468. The molecule has 0 aliphatic rings. The summed E-state index contributed by atoms with van der Waals surface area (Å²) in [5, 5.41) is 2.82. The van der Waals surface area contributed by atoms with Crippen LogP contribution in [0.4, 0.5) is 0 Å². The van der Waals surface area contributed by atoms with Crippen molar-refractivity contribution < 1.29 is 14.4 Å². The van der Waals surface area contributed by atoms with E-state index >= 15 is 0 Å². The minimum Gasteiger partial charge on any atom is -0.321 e. The summed E-state index contributed by atoms with van der Waals surface area (Å²) in [4.78, 5) is 18.6. The lowest BCUT2D eigenvalue weighted by Gasteiger charge is -2.10. The quantitative estimate of drug-likeness (QED) is 0.527. The molecule has 24 heavy (non-hydrogen) atoms. The molecule has 0 atom stereocenters. The Morgan fingerprint density at radius 2 is 1.50 bits per heavy atom. The predicted molar refractivity (Wildman–Crippen MR) is 97.5 cm³/mol. The standard InChI is InChI=1S/C18H13ClNO3P/c19-12-5-10-16-15-3-1-2-4-17(15)20(18(16)11-12)13-6-8-14(9-7-13)24(21,22)23/h1-11H,(H2,21,22,23). The van der Waals surface area contributed by atoms with Crippen molar-refractivity contribution in [2.24, 2.45) is 0 Å². The molecule has 3 aromatic carbocycles. The Morgan fingerprint density at radius 1 is 0.833 bits per heavy atom. The number of hydrogen-bond acceptors (Lipinski definition) is 1. The van der Waals surface area contributed by atoms with Crippen molar-refractivity contribution in [1.29, 1.82) is 0 Å². The van der Waals surface area contributed by atoms with E-state index in [0.717, 1.165) is 27.5 Å². The Kier molecular flexibility index (Phi) is 3.52. The van der Waals surface area contributed by atoms with Crippen molar-refractivity contribution in [1.82, 2.24) is 4.57 Å². The predicted octanol–water partition coefficient (Wildman–Crippen LogP) is 4.24. The summed E-state index contributed by atoms with van der Waals surface area (Å²) < 4.78 is 13.4. The zero-order valence-electron chi connectivity index (χ0n) is 12.4. The highest BCUT2D eigenvalue weighted by Crippen LogP contribution is 2.35. The molecule has 0 saturated carbocycles. The van der Waals surface area contributed by atoms with Gasteiger partial charge in [0.1, 0.15) is 0 Å². The molecule has 0 aliphatic heterocycles. The van der Waals surface area contributed by atoms with Crippen molar-refractivity contribution >= 4 is 46.3 Å². The molecule has 6 heteroatoms. The summed E-state index contributed by atoms with van der Waals surface area (Å²) in [6.07, 6.45) is 0. The van der Waals surface area contributed by atoms with Gasteiger partial charge in [-0.05, 0) is 42.5 Å². The van der Waals surface area contributed by atoms with Crippen LogP contribution in [0.25, 0.3) is 27.5 Å². The van der Waals surface area contributed by atoms with Gasteiger partial charge in [0.05, 0.1) is 16.3 Å². The maximum Gasteiger partial charge on any atom is 0.356 e. The fourth-order valence-electron chi connectivity index (χ4n) is 3.02. The van der Waals surface area contributed by atoms with Crippen LogP contribution in [0.5, 0.6) is 0 Å². The third-order valence-corrected chi connectivity index (χ3v) is 5.29. The summed E-state index contributed by atoms with van der Waals surface area (Å²) in [6, 6.07) is 20.1. The molecule has 0 radical (unpaired) electrons. The third-order valence-electron chi connectivity index (χ3n) is 4.08. The first-order valence-electron chi connectivity index (χ1n) is 7.30. The van der Waals surface area contributed by atoms with Gasteiger partial charge in [-0.3, -0.25) is 4.57 Å². The molecule has 4 aromatic rings. The van der Waals surface area contributed by atoms with Crippen LogP contribution in [-0.2, 0) is 4.57 Å². The number of aromatic nitrogens is 1. The maximum absolute atomic E-state index is 11.4. The molecule has 0 unspecified atom stereocenters. The lowest BCUT2D eigenvalue weighted by molar-refractivity contribution is 0.387. The van der Waals surface area contributed by atoms with Gasteiger partial charge in [-0.1, -0.05) is 35.9 Å². The normalized spacial score (nSPS) is 12.1. The molecule has 0 saturated heterocycles. The Balaban J connectivity index is 2.04. The topological polar surface area (TPSA) is 62.5 Å². The number of para-hydroxylation sites is 1. The zero-order chi connectivity index (χ0) is 16.9. The average molecular weight is 358 g/mol. The number of halogens is 1. The Labute approximate surface area is 143 Å². The molecule has 0 aliphatic carbocycles. The average Bonchev–Trinajstić information content (AvgIpc) is 2.87. The number of rotatable bonds is 2. The molecule has 1 heterocycles. The van der Waals surface area contributed by atoms with Gasteiger partial charge in [0.2, 0.25) is 0 Å². The number of benzene rings is 3. The van der Waals surface area contributed by atoms with E-state index in [2.05, 4.69) is 0 Å². The van der Waals surface area contributed by atoms with Gasteiger partial charge in [0.15, 0.2) is 0 Å². The highest BCUT2D eigenvalue weighted by atomic mass is 35.5. The van der Waals surface area contributed by atoms with Crippen molar-refractivity contribution in [2.45, 2.75) is 0 Å². The van der Waals surface area contributed by atoms with Crippen LogP contribution in [0.2, 0.25) is 5.02 Å². The van der Waals surface area contributed by atoms with E-state index in [1.54, 1.807) is 12.1 Å². The van der Waals surface area contributed by atoms with Gasteiger partial charge < -0.3 is 14.4 Å². The van der Waals surface area contributed by atoms with Crippen LogP contribution in [0.3, 0.4) is 0 Å². The van der Waals surface area contributed by atoms with E-state index in [4.69, 9.17) is 11.6 Å². The third kappa shape index (κ3) is 2.45. The molecule has 2 N–H and O–H groups in total. The summed E-state index contributed by atoms with van der Waals surface area (Å²) >= 11 is 6.17. The molecule has 1 aromatic heterocycles. The molecular weight excluding hydrogens is 345 g/mol. The van der Waals surface area contributed by atoms with Crippen molar-refractivity contribution in [2.75, 3.05) is 0 Å². The smallest absolute Gasteiger partial charge is 0.321 e. The van der Waals surface area contributed by atoms with E-state index in [0.29, 0.717) is 5.02 Å². The van der Waals surface area contributed by atoms with Crippen LogP contribution in [0.1, 0.15) is 0 Å². The van der Waals surface area contributed by atoms with Gasteiger partial charge in [-0.2, -0.15) is 0 Å². The molecular formula is C18H13ClNO3P. The van der Waals surface area contributed by atoms with Crippen LogP contribution in [-0.4, -0.2) is 14.4 Å². The first-order chi connectivity index (χ1) is 11.4. The highest BCUT2D eigenvalue weighted by molar-refractivity contribution is 7.60. The number of nitrogens with zero attached hydrogens (tertiary/aromatic N) is 1. The second-order valence-corrected chi connectivity index (χ2v) is 7.62. The molecule has 0 bridgehead atoms. The monoisotopic (exact) mass is 357 g/mol. The molecule has 0 fully saturated rings. The van der Waals surface area contributed by atoms with Crippen LogP contribution in [0, 0.1) is 0 Å². The Bertz CT molecular complexity index is 1110. The van der Waals surface area contributed by atoms with E-state index in [1.165, 1.54) is 12.1 Å². The van der Waals surface area contributed by atoms with Crippen LogP contribution < -0.4 is 5.30 Å². The van der Waals surface area contributed by atoms with Gasteiger partial charge in [0.25, 0.3) is 0 Å². The summed E-state index contributed by atoms with van der Waals surface area (Å²) in [5.41, 5.74) is 2.78. The highest BCUT2D eigenvalue weighted by Gasteiger charge is 2.17. The van der Waals surface area contributed by atoms with Crippen molar-refractivity contribution in [3.63, 3.8) is 0 Å². The lowest BCUT2D eigenvalue weighted by atomic mass is 10.2. The number of hydrogen-bond donors (Lipinski definition) is 2. The number of fused-ring (bicyclic) bond motifs is 3. The van der Waals surface area contributed by atoms with E-state index in [9.17, 15) is 14.4 Å². The lowest BCUT2D eigenvalue weighted by Crippen LogP contribution is -2.04.